The van der Waals surface area contributed by atoms with Gasteiger partial charge in [0.05, 0.1) is 6.10 Å². The first kappa shape index (κ1) is 24.4. The molecule has 0 aromatic carbocycles. The summed E-state index contributed by atoms with van der Waals surface area (Å²) in [6, 6.07) is 0. The Bertz CT molecular complexity index is 278. The Labute approximate surface area is 156 Å². The molecule has 3 nitrogen and oxygen atoms in total. The van der Waals surface area contributed by atoms with Crippen LogP contribution in [-0.2, 0) is 9.53 Å². The minimum atomic E-state index is -0.488. The van der Waals surface area contributed by atoms with Gasteiger partial charge in [-0.3, -0.25) is 4.79 Å². The van der Waals surface area contributed by atoms with E-state index in [1.165, 1.54) is 83.5 Å². The molecule has 0 spiro atoms. The lowest BCUT2D eigenvalue weighted by Crippen LogP contribution is -2.18. The van der Waals surface area contributed by atoms with Gasteiger partial charge >= 0.3 is 5.97 Å². The fraction of sp³-hybridized carbons (Fsp3) is 0.955. The molecule has 0 aromatic heterocycles. The molecule has 0 aliphatic carbocycles. The van der Waals surface area contributed by atoms with Crippen molar-refractivity contribution < 1.29 is 14.6 Å². The minimum absolute atomic E-state index is 0.164. The number of aliphatic hydroxyl groups excluding tert-OH is 1. The molecule has 0 heterocycles. The van der Waals surface area contributed by atoms with Gasteiger partial charge in [0.25, 0.3) is 0 Å². The quantitative estimate of drug-likeness (QED) is 0.210. The van der Waals surface area contributed by atoms with Crippen molar-refractivity contribution in [3.05, 3.63) is 0 Å². The summed E-state index contributed by atoms with van der Waals surface area (Å²) in [5.74, 6) is -0.192. The molecule has 0 aromatic rings. The van der Waals surface area contributed by atoms with E-state index >= 15 is 0 Å². The first-order valence-corrected chi connectivity index (χ1v) is 11.0. The molecule has 0 saturated carbocycles. The van der Waals surface area contributed by atoms with Crippen molar-refractivity contribution in [3.63, 3.8) is 0 Å². The lowest BCUT2D eigenvalue weighted by molar-refractivity contribution is -0.146. The average Bonchev–Trinajstić information content (AvgIpc) is 2.60. The van der Waals surface area contributed by atoms with Crippen molar-refractivity contribution in [1.29, 1.82) is 0 Å². The first-order valence-electron chi connectivity index (χ1n) is 11.0. The van der Waals surface area contributed by atoms with Crippen LogP contribution < -0.4 is 0 Å². The molecular formula is C22H44O3. The van der Waals surface area contributed by atoms with Crippen LogP contribution in [0, 0.1) is 0 Å². The highest BCUT2D eigenvalue weighted by Crippen LogP contribution is 2.13. The van der Waals surface area contributed by atoms with E-state index in [0.29, 0.717) is 6.42 Å². The molecule has 0 aliphatic rings. The standard InChI is InChI=1S/C22H44O3/c1-3-5-6-7-8-9-10-11-12-13-14-15-16-17-19-21(23)20-25-22(24)18-4-2/h21,23H,3-20H2,1-2H3. The molecule has 0 bridgehead atoms. The monoisotopic (exact) mass is 356 g/mol. The Kier molecular flexibility index (Phi) is 19.3. The number of carbonyl (C=O) groups is 1. The van der Waals surface area contributed by atoms with Crippen LogP contribution in [0.1, 0.15) is 123 Å². The lowest BCUT2D eigenvalue weighted by atomic mass is 10.0. The van der Waals surface area contributed by atoms with E-state index in [1.54, 1.807) is 0 Å². The van der Waals surface area contributed by atoms with Gasteiger partial charge in [0.2, 0.25) is 0 Å². The maximum absolute atomic E-state index is 11.2. The Balaban J connectivity index is 3.16. The molecule has 0 saturated heterocycles. The molecule has 0 amide bonds. The summed E-state index contributed by atoms with van der Waals surface area (Å²) in [4.78, 5) is 11.2. The Hall–Kier alpha value is -0.570. The summed E-state index contributed by atoms with van der Waals surface area (Å²) in [5.41, 5.74) is 0. The van der Waals surface area contributed by atoms with Crippen molar-refractivity contribution in [2.24, 2.45) is 0 Å². The number of hydrogen-bond acceptors (Lipinski definition) is 3. The van der Waals surface area contributed by atoms with E-state index in [4.69, 9.17) is 4.74 Å². The maximum atomic E-state index is 11.2. The van der Waals surface area contributed by atoms with Crippen LogP contribution in [0.4, 0.5) is 0 Å². The topological polar surface area (TPSA) is 46.5 Å². The van der Waals surface area contributed by atoms with Gasteiger partial charge in [-0.2, -0.15) is 0 Å². The molecular weight excluding hydrogens is 312 g/mol. The van der Waals surface area contributed by atoms with E-state index in [9.17, 15) is 9.90 Å². The Morgan fingerprint density at radius 3 is 1.60 bits per heavy atom. The number of ether oxygens (including phenoxy) is 1. The van der Waals surface area contributed by atoms with Crippen LogP contribution in [0.3, 0.4) is 0 Å². The first-order chi connectivity index (χ1) is 12.2. The summed E-state index contributed by atoms with van der Waals surface area (Å²) in [5, 5.41) is 9.78. The fourth-order valence-electron chi connectivity index (χ4n) is 3.12. The molecule has 25 heavy (non-hydrogen) atoms. The second-order valence-corrected chi connectivity index (χ2v) is 7.47. The number of unbranched alkanes of at least 4 members (excludes halogenated alkanes) is 13. The predicted octanol–water partition coefficient (Wildman–Crippen LogP) is 6.56. The van der Waals surface area contributed by atoms with Gasteiger partial charge in [0.1, 0.15) is 6.61 Å². The molecule has 1 unspecified atom stereocenters. The third-order valence-electron chi connectivity index (χ3n) is 4.78. The fourth-order valence-corrected chi connectivity index (χ4v) is 3.12. The normalized spacial score (nSPS) is 12.3. The SMILES string of the molecule is CCCCCCCCCCCCCCCCC(O)COC(=O)CCC. The van der Waals surface area contributed by atoms with Crippen LogP contribution in [0.5, 0.6) is 0 Å². The van der Waals surface area contributed by atoms with Gasteiger partial charge in [-0.15, -0.1) is 0 Å². The summed E-state index contributed by atoms with van der Waals surface area (Å²) in [7, 11) is 0. The van der Waals surface area contributed by atoms with Crippen LogP contribution in [0.25, 0.3) is 0 Å². The predicted molar refractivity (Wildman–Crippen MR) is 107 cm³/mol. The van der Waals surface area contributed by atoms with E-state index < -0.39 is 6.10 Å². The highest BCUT2D eigenvalue weighted by molar-refractivity contribution is 5.69. The van der Waals surface area contributed by atoms with Crippen molar-refractivity contribution in [1.82, 2.24) is 0 Å². The zero-order valence-corrected chi connectivity index (χ0v) is 17.1. The maximum Gasteiger partial charge on any atom is 0.305 e. The number of esters is 1. The summed E-state index contributed by atoms with van der Waals surface area (Å²) in [6.07, 6.45) is 20.3. The number of aliphatic hydroxyl groups is 1. The highest BCUT2D eigenvalue weighted by atomic mass is 16.5. The van der Waals surface area contributed by atoms with Crippen LogP contribution in [-0.4, -0.2) is 23.8 Å². The number of hydrogen-bond donors (Lipinski definition) is 1. The summed E-state index contributed by atoms with van der Waals surface area (Å²) < 4.78 is 5.02. The molecule has 1 N–H and O–H groups in total. The second kappa shape index (κ2) is 19.8. The Morgan fingerprint density at radius 2 is 1.16 bits per heavy atom. The van der Waals surface area contributed by atoms with Crippen LogP contribution in [0.15, 0.2) is 0 Å². The molecule has 1 atom stereocenters. The Morgan fingerprint density at radius 1 is 0.720 bits per heavy atom. The average molecular weight is 357 g/mol. The smallest absolute Gasteiger partial charge is 0.305 e. The summed E-state index contributed by atoms with van der Waals surface area (Å²) in [6.45, 7) is 4.39. The van der Waals surface area contributed by atoms with Crippen molar-refractivity contribution >= 4 is 5.97 Å². The third kappa shape index (κ3) is 19.6. The van der Waals surface area contributed by atoms with Gasteiger partial charge < -0.3 is 9.84 Å². The van der Waals surface area contributed by atoms with E-state index in [0.717, 1.165) is 19.3 Å². The number of carbonyl (C=O) groups excluding carboxylic acids is 1. The van der Waals surface area contributed by atoms with Crippen LogP contribution >= 0.6 is 0 Å². The molecule has 0 radical (unpaired) electrons. The van der Waals surface area contributed by atoms with Crippen molar-refractivity contribution in [2.75, 3.05) is 6.61 Å². The zero-order valence-electron chi connectivity index (χ0n) is 17.1. The molecule has 3 heteroatoms. The van der Waals surface area contributed by atoms with Crippen molar-refractivity contribution in [2.45, 2.75) is 129 Å². The summed E-state index contributed by atoms with van der Waals surface area (Å²) >= 11 is 0. The minimum Gasteiger partial charge on any atom is -0.463 e. The molecule has 150 valence electrons. The molecule has 0 fully saturated rings. The van der Waals surface area contributed by atoms with Gasteiger partial charge in [-0.1, -0.05) is 104 Å². The van der Waals surface area contributed by atoms with Gasteiger partial charge in [-0.05, 0) is 12.8 Å². The molecule has 0 rings (SSSR count). The van der Waals surface area contributed by atoms with Gasteiger partial charge in [-0.25, -0.2) is 0 Å². The van der Waals surface area contributed by atoms with Crippen LogP contribution in [0.2, 0.25) is 0 Å². The van der Waals surface area contributed by atoms with Crippen molar-refractivity contribution in [3.8, 4) is 0 Å². The number of rotatable bonds is 19. The largest absolute Gasteiger partial charge is 0.463 e. The zero-order chi connectivity index (χ0) is 18.6. The highest BCUT2D eigenvalue weighted by Gasteiger charge is 2.07. The van der Waals surface area contributed by atoms with Gasteiger partial charge in [0.15, 0.2) is 0 Å². The second-order valence-electron chi connectivity index (χ2n) is 7.47. The molecule has 0 aliphatic heterocycles. The lowest BCUT2D eigenvalue weighted by Gasteiger charge is -2.11. The van der Waals surface area contributed by atoms with E-state index in [1.807, 2.05) is 6.92 Å². The van der Waals surface area contributed by atoms with E-state index in [-0.39, 0.29) is 12.6 Å². The van der Waals surface area contributed by atoms with E-state index in [2.05, 4.69) is 6.92 Å². The van der Waals surface area contributed by atoms with Gasteiger partial charge in [0, 0.05) is 6.42 Å². The third-order valence-corrected chi connectivity index (χ3v) is 4.78.